The second-order valence-corrected chi connectivity index (χ2v) is 11.7. The summed E-state index contributed by atoms with van der Waals surface area (Å²) in [6.07, 6.45) is -0.157. The van der Waals surface area contributed by atoms with Crippen LogP contribution in [0.4, 0.5) is 0 Å². The Labute approximate surface area is 259 Å². The minimum atomic E-state index is -1.44. The van der Waals surface area contributed by atoms with Crippen LogP contribution in [0.3, 0.4) is 0 Å². The van der Waals surface area contributed by atoms with E-state index in [1.54, 1.807) is 0 Å². The third kappa shape index (κ3) is 10.8. The van der Waals surface area contributed by atoms with Crippen LogP contribution in [0.15, 0.2) is 72.8 Å². The van der Waals surface area contributed by atoms with Crippen molar-refractivity contribution in [1.29, 1.82) is 0 Å². The molecular formula is C35H45N3O6. The van der Waals surface area contributed by atoms with Gasteiger partial charge in [-0.15, -0.1) is 0 Å². The molecule has 3 aromatic carbocycles. The zero-order valence-corrected chi connectivity index (χ0v) is 25.8. The van der Waals surface area contributed by atoms with Crippen molar-refractivity contribution >= 4 is 34.5 Å². The summed E-state index contributed by atoms with van der Waals surface area (Å²) >= 11 is 0. The van der Waals surface area contributed by atoms with Gasteiger partial charge in [-0.25, -0.2) is 4.79 Å². The fourth-order valence-corrected chi connectivity index (χ4v) is 5.19. The number of amides is 3. The highest BCUT2D eigenvalue weighted by Gasteiger charge is 2.30. The lowest BCUT2D eigenvalue weighted by atomic mass is 9.91. The first kappa shape index (κ1) is 34.3. The van der Waals surface area contributed by atoms with Crippen molar-refractivity contribution in [2.24, 2.45) is 11.8 Å². The van der Waals surface area contributed by atoms with Crippen LogP contribution in [0, 0.1) is 11.8 Å². The van der Waals surface area contributed by atoms with Crippen molar-refractivity contribution in [1.82, 2.24) is 16.0 Å². The molecular weight excluding hydrogens is 558 g/mol. The number of hydrogen-bond acceptors (Lipinski definition) is 5. The number of rotatable bonds is 17. The Kier molecular flexibility index (Phi) is 13.4. The molecule has 236 valence electrons. The number of aliphatic hydroxyl groups excluding tert-OH is 1. The molecule has 0 aromatic heterocycles. The summed E-state index contributed by atoms with van der Waals surface area (Å²) in [5.74, 6) is -2.74. The summed E-state index contributed by atoms with van der Waals surface area (Å²) in [4.78, 5) is 50.6. The second kappa shape index (κ2) is 17.2. The fraction of sp³-hybridized carbons (Fsp3) is 0.429. The average Bonchev–Trinajstić information content (AvgIpc) is 3.01. The van der Waals surface area contributed by atoms with Crippen molar-refractivity contribution in [3.05, 3.63) is 83.9 Å². The van der Waals surface area contributed by atoms with Gasteiger partial charge in [0.25, 0.3) is 0 Å². The van der Waals surface area contributed by atoms with Gasteiger partial charge < -0.3 is 26.2 Å². The van der Waals surface area contributed by atoms with Gasteiger partial charge >= 0.3 is 5.97 Å². The first-order chi connectivity index (χ1) is 21.1. The Morgan fingerprint density at radius 1 is 0.841 bits per heavy atom. The van der Waals surface area contributed by atoms with Gasteiger partial charge in [-0.05, 0) is 53.5 Å². The number of hydrogen-bond donors (Lipinski definition) is 5. The van der Waals surface area contributed by atoms with Crippen LogP contribution in [0.2, 0.25) is 0 Å². The van der Waals surface area contributed by atoms with Gasteiger partial charge in [0.1, 0.15) is 6.04 Å². The molecule has 44 heavy (non-hydrogen) atoms. The number of benzene rings is 3. The molecule has 0 radical (unpaired) electrons. The summed E-state index contributed by atoms with van der Waals surface area (Å²) in [5.41, 5.74) is 1.84. The van der Waals surface area contributed by atoms with Crippen molar-refractivity contribution in [2.45, 2.75) is 77.5 Å². The number of nitrogens with one attached hydrogen (secondary N) is 3. The quantitative estimate of drug-likeness (QED) is 0.158. The van der Waals surface area contributed by atoms with Crippen molar-refractivity contribution < 1.29 is 29.4 Å². The first-order valence-corrected chi connectivity index (χ1v) is 15.3. The van der Waals surface area contributed by atoms with E-state index in [-0.39, 0.29) is 31.1 Å². The summed E-state index contributed by atoms with van der Waals surface area (Å²) in [5, 5.41) is 31.3. The lowest BCUT2D eigenvalue weighted by Gasteiger charge is -2.28. The van der Waals surface area contributed by atoms with E-state index < -0.39 is 48.3 Å². The van der Waals surface area contributed by atoms with E-state index in [2.05, 4.69) is 16.0 Å². The number of carboxylic acid groups (broad SMARTS) is 1. The van der Waals surface area contributed by atoms with Gasteiger partial charge in [-0.1, -0.05) is 93.6 Å². The van der Waals surface area contributed by atoms with Gasteiger partial charge in [0.2, 0.25) is 17.7 Å². The van der Waals surface area contributed by atoms with Gasteiger partial charge in [-0.2, -0.15) is 0 Å². The molecule has 0 saturated heterocycles. The number of aliphatic carboxylic acids is 1. The van der Waals surface area contributed by atoms with Gasteiger partial charge in [-0.3, -0.25) is 14.4 Å². The predicted octanol–water partition coefficient (Wildman–Crippen LogP) is 4.01. The van der Waals surface area contributed by atoms with E-state index in [1.807, 2.05) is 93.6 Å². The molecule has 3 amide bonds. The predicted molar refractivity (Wildman–Crippen MR) is 171 cm³/mol. The van der Waals surface area contributed by atoms with E-state index in [1.165, 1.54) is 0 Å². The van der Waals surface area contributed by atoms with Crippen molar-refractivity contribution in [2.75, 3.05) is 6.54 Å². The molecule has 3 aromatic rings. The number of carboxylic acids is 1. The lowest BCUT2D eigenvalue weighted by Crippen LogP contribution is -2.50. The van der Waals surface area contributed by atoms with E-state index >= 15 is 0 Å². The number of carbonyl (C=O) groups is 4. The number of aryl methyl sites for hydroxylation is 1. The maximum Gasteiger partial charge on any atom is 0.326 e. The molecule has 9 heteroatoms. The third-order valence-electron chi connectivity index (χ3n) is 7.71. The van der Waals surface area contributed by atoms with E-state index in [0.29, 0.717) is 19.4 Å². The first-order valence-electron chi connectivity index (χ1n) is 15.3. The van der Waals surface area contributed by atoms with Gasteiger partial charge in [0.05, 0.1) is 18.6 Å². The number of aliphatic hydroxyl groups is 1. The molecule has 0 saturated carbocycles. The van der Waals surface area contributed by atoms with Crippen LogP contribution in [-0.2, 0) is 32.0 Å². The molecule has 0 bridgehead atoms. The molecule has 0 aliphatic rings. The Morgan fingerprint density at radius 2 is 1.52 bits per heavy atom. The molecule has 3 rings (SSSR count). The van der Waals surface area contributed by atoms with Crippen LogP contribution < -0.4 is 16.0 Å². The Morgan fingerprint density at radius 3 is 2.20 bits per heavy atom. The topological polar surface area (TPSA) is 145 Å². The molecule has 4 atom stereocenters. The molecule has 0 fully saturated rings. The standard InChI is InChI=1S/C35H45N3O6/c1-4-25(34(42)36-22-23(2)3)20-31(39)29(19-24-11-6-5-7-12-24)37-33(41)21-30(35(43)44)38-32(40)18-17-27-15-10-14-26-13-8-9-16-28(26)27/h5-16,23,25,29-31,39H,4,17-22H2,1-3H3,(H,36,42)(H,37,41)(H,38,40)(H,43,44)/t25-,29+,30?,31+/m1/s1. The van der Waals surface area contributed by atoms with Crippen molar-refractivity contribution in [3.8, 4) is 0 Å². The fourth-order valence-electron chi connectivity index (χ4n) is 5.19. The van der Waals surface area contributed by atoms with E-state index in [9.17, 15) is 29.4 Å². The number of carbonyl (C=O) groups excluding carboxylic acids is 3. The highest BCUT2D eigenvalue weighted by Crippen LogP contribution is 2.20. The molecule has 0 aliphatic carbocycles. The van der Waals surface area contributed by atoms with Crippen LogP contribution in [0.5, 0.6) is 0 Å². The largest absolute Gasteiger partial charge is 0.480 e. The summed E-state index contributed by atoms with van der Waals surface area (Å²) in [6, 6.07) is 20.8. The Balaban J connectivity index is 1.64. The van der Waals surface area contributed by atoms with Crippen LogP contribution >= 0.6 is 0 Å². The molecule has 0 spiro atoms. The Hall–Kier alpha value is -4.24. The Bertz CT molecular complexity index is 1390. The van der Waals surface area contributed by atoms with E-state index in [4.69, 9.17) is 0 Å². The van der Waals surface area contributed by atoms with Gasteiger partial charge in [0.15, 0.2) is 0 Å². The summed E-state index contributed by atoms with van der Waals surface area (Å²) in [6.45, 7) is 6.40. The lowest BCUT2D eigenvalue weighted by molar-refractivity contribution is -0.143. The maximum atomic E-state index is 13.1. The zero-order valence-electron chi connectivity index (χ0n) is 25.8. The SMILES string of the molecule is CC[C@H](C[C@H](O)[C@H](Cc1ccccc1)NC(=O)CC(NC(=O)CCc1cccc2ccccc12)C(=O)O)C(=O)NCC(C)C. The average molecular weight is 604 g/mol. The molecule has 0 aliphatic heterocycles. The maximum absolute atomic E-state index is 13.1. The van der Waals surface area contributed by atoms with Gasteiger partial charge in [0, 0.05) is 18.9 Å². The zero-order chi connectivity index (χ0) is 32.1. The molecule has 9 nitrogen and oxygen atoms in total. The number of fused-ring (bicyclic) bond motifs is 1. The molecule has 5 N–H and O–H groups in total. The smallest absolute Gasteiger partial charge is 0.326 e. The summed E-state index contributed by atoms with van der Waals surface area (Å²) < 4.78 is 0. The minimum absolute atomic E-state index is 0.0615. The highest BCUT2D eigenvalue weighted by molar-refractivity contribution is 5.89. The monoisotopic (exact) mass is 603 g/mol. The van der Waals surface area contributed by atoms with Crippen LogP contribution in [0.25, 0.3) is 10.8 Å². The molecule has 0 heterocycles. The van der Waals surface area contributed by atoms with Crippen molar-refractivity contribution in [3.63, 3.8) is 0 Å². The second-order valence-electron chi connectivity index (χ2n) is 11.7. The highest BCUT2D eigenvalue weighted by atomic mass is 16.4. The third-order valence-corrected chi connectivity index (χ3v) is 7.71. The van der Waals surface area contributed by atoms with Crippen LogP contribution in [-0.4, -0.2) is 58.6 Å². The summed E-state index contributed by atoms with van der Waals surface area (Å²) in [7, 11) is 0. The normalized spacial score (nSPS) is 13.9. The van der Waals surface area contributed by atoms with E-state index in [0.717, 1.165) is 21.9 Å². The molecule has 1 unspecified atom stereocenters. The van der Waals surface area contributed by atoms with Crippen LogP contribution in [0.1, 0.15) is 57.6 Å². The minimum Gasteiger partial charge on any atom is -0.480 e.